The minimum absolute atomic E-state index is 0. The second kappa shape index (κ2) is 19.9. The lowest BCUT2D eigenvalue weighted by atomic mass is 10.1. The van der Waals surface area contributed by atoms with Gasteiger partial charge in [-0.05, 0) is 45.4 Å². The summed E-state index contributed by atoms with van der Waals surface area (Å²) in [6, 6.07) is 0. The van der Waals surface area contributed by atoms with E-state index in [0.29, 0.717) is 12.2 Å². The Labute approximate surface area is 186 Å². The van der Waals surface area contributed by atoms with Crippen molar-refractivity contribution in [1.82, 2.24) is 0 Å². The lowest BCUT2D eigenvalue weighted by molar-refractivity contribution is -0.890. The monoisotopic (exact) mass is 461 g/mol. The van der Waals surface area contributed by atoms with Gasteiger partial charge in [-0.25, -0.2) is 4.79 Å². The molecule has 0 amide bonds. The smallest absolute Gasteiger partial charge is 0.333 e. The molecule has 0 bridgehead atoms. The summed E-state index contributed by atoms with van der Waals surface area (Å²) < 4.78 is 6.27. The third-order valence-electron chi connectivity index (χ3n) is 5.36. The quantitative estimate of drug-likeness (QED) is 0.127. The van der Waals surface area contributed by atoms with E-state index in [2.05, 4.69) is 27.6 Å². The minimum Gasteiger partial charge on any atom is -1.00 e. The van der Waals surface area contributed by atoms with Crippen LogP contribution in [0.3, 0.4) is 0 Å². The second-order valence-electron chi connectivity index (χ2n) is 8.90. The molecule has 0 spiro atoms. The lowest BCUT2D eigenvalue weighted by Gasteiger charge is -2.30. The Morgan fingerprint density at radius 2 is 1.14 bits per heavy atom. The van der Waals surface area contributed by atoms with E-state index in [1.54, 1.807) is 6.92 Å². The number of carbonyl (C=O) groups is 1. The number of hydrogen-bond donors (Lipinski definition) is 0. The predicted molar refractivity (Wildman–Crippen MR) is 118 cm³/mol. The Morgan fingerprint density at radius 3 is 1.57 bits per heavy atom. The van der Waals surface area contributed by atoms with E-state index >= 15 is 0 Å². The molecule has 0 aromatic rings. The molecular weight excluding hydrogens is 414 g/mol. The number of rotatable bonds is 19. The van der Waals surface area contributed by atoms with E-state index in [0.717, 1.165) is 17.3 Å². The van der Waals surface area contributed by atoms with E-state index in [1.807, 2.05) is 0 Å². The van der Waals surface area contributed by atoms with E-state index in [1.165, 1.54) is 90.1 Å². The molecule has 0 aliphatic heterocycles. The number of ether oxygens (including phenoxy) is 1. The maximum absolute atomic E-state index is 11.3. The lowest BCUT2D eigenvalue weighted by Crippen LogP contribution is -3.00. The van der Waals surface area contributed by atoms with Crippen molar-refractivity contribution in [2.24, 2.45) is 0 Å². The zero-order valence-electron chi connectivity index (χ0n) is 19.4. The van der Waals surface area contributed by atoms with Crippen molar-refractivity contribution in [3.63, 3.8) is 0 Å². The first-order chi connectivity index (χ1) is 12.9. The van der Waals surface area contributed by atoms with Gasteiger partial charge in [-0.3, -0.25) is 0 Å². The predicted octanol–water partition coefficient (Wildman–Crippen LogP) is 3.67. The van der Waals surface area contributed by atoms with Crippen molar-refractivity contribution in [3.05, 3.63) is 12.2 Å². The molecule has 0 N–H and O–H groups in total. The average Bonchev–Trinajstić information content (AvgIpc) is 2.62. The summed E-state index contributed by atoms with van der Waals surface area (Å²) in [6.07, 6.45) is 18.7. The first-order valence-electron chi connectivity index (χ1n) is 11.5. The van der Waals surface area contributed by atoms with Gasteiger partial charge in [-0.1, -0.05) is 64.9 Å². The Kier molecular flexibility index (Phi) is 21.3. The molecule has 28 heavy (non-hydrogen) atoms. The third kappa shape index (κ3) is 20.4. The van der Waals surface area contributed by atoms with Crippen LogP contribution in [0.5, 0.6) is 0 Å². The summed E-state index contributed by atoms with van der Waals surface area (Å²) in [7, 11) is 4.73. The first-order valence-corrected chi connectivity index (χ1v) is 11.5. The zero-order valence-corrected chi connectivity index (χ0v) is 21.0. The van der Waals surface area contributed by atoms with E-state index in [9.17, 15) is 4.79 Å². The van der Waals surface area contributed by atoms with Crippen LogP contribution < -0.4 is 17.0 Å². The van der Waals surface area contributed by atoms with Gasteiger partial charge in [0.25, 0.3) is 0 Å². The molecule has 0 atom stereocenters. The fourth-order valence-electron chi connectivity index (χ4n) is 3.42. The van der Waals surface area contributed by atoms with Crippen molar-refractivity contribution in [2.75, 3.05) is 33.8 Å². The number of carbonyl (C=O) groups excluding carboxylic acids is 1. The highest BCUT2D eigenvalue weighted by Gasteiger charge is 2.13. The minimum atomic E-state index is -0.260. The molecule has 0 saturated heterocycles. The molecule has 0 aliphatic rings. The number of quaternary nitrogens is 1. The van der Waals surface area contributed by atoms with Gasteiger partial charge in [0.15, 0.2) is 0 Å². The SMILES string of the molecule is C=C(C)C(=O)OCCCCCC[N+](C)(C)CCCCCCCCCCCC.[Br-]. The van der Waals surface area contributed by atoms with Crippen LogP contribution in [0.2, 0.25) is 0 Å². The molecule has 0 fully saturated rings. The van der Waals surface area contributed by atoms with Gasteiger partial charge in [0.1, 0.15) is 0 Å². The summed E-state index contributed by atoms with van der Waals surface area (Å²) in [5.74, 6) is -0.260. The molecule has 0 saturated carbocycles. The average molecular weight is 463 g/mol. The normalized spacial score (nSPS) is 11.1. The van der Waals surface area contributed by atoms with Crippen LogP contribution in [0.15, 0.2) is 12.2 Å². The third-order valence-corrected chi connectivity index (χ3v) is 5.36. The van der Waals surface area contributed by atoms with Gasteiger partial charge in [0.2, 0.25) is 0 Å². The fraction of sp³-hybridized carbons (Fsp3) is 0.875. The van der Waals surface area contributed by atoms with Crippen molar-refractivity contribution in [1.29, 1.82) is 0 Å². The number of unbranched alkanes of at least 4 members (excludes halogenated alkanes) is 12. The van der Waals surface area contributed by atoms with Crippen LogP contribution >= 0.6 is 0 Å². The van der Waals surface area contributed by atoms with Crippen LogP contribution in [0, 0.1) is 0 Å². The summed E-state index contributed by atoms with van der Waals surface area (Å²) in [4.78, 5) is 11.3. The molecule has 0 rings (SSSR count). The first kappa shape index (κ1) is 29.8. The summed E-state index contributed by atoms with van der Waals surface area (Å²) in [5, 5.41) is 0. The Balaban J connectivity index is 0. The van der Waals surface area contributed by atoms with Crippen LogP contribution in [0.4, 0.5) is 0 Å². The van der Waals surface area contributed by atoms with Crippen LogP contribution in [-0.4, -0.2) is 44.2 Å². The summed E-state index contributed by atoms with van der Waals surface area (Å²) in [5.41, 5.74) is 0.487. The summed E-state index contributed by atoms with van der Waals surface area (Å²) in [6.45, 7) is 10.6. The Morgan fingerprint density at radius 1 is 0.750 bits per heavy atom. The van der Waals surface area contributed by atoms with Gasteiger partial charge in [0.05, 0.1) is 33.8 Å². The van der Waals surface area contributed by atoms with E-state index in [-0.39, 0.29) is 23.0 Å². The number of esters is 1. The van der Waals surface area contributed by atoms with Gasteiger partial charge in [-0.2, -0.15) is 0 Å². The van der Waals surface area contributed by atoms with Gasteiger partial charge in [-0.15, -0.1) is 0 Å². The molecule has 0 aromatic heterocycles. The maximum Gasteiger partial charge on any atom is 0.333 e. The summed E-state index contributed by atoms with van der Waals surface area (Å²) >= 11 is 0. The van der Waals surface area contributed by atoms with Crippen LogP contribution in [0.25, 0.3) is 0 Å². The molecule has 168 valence electrons. The van der Waals surface area contributed by atoms with Crippen molar-refractivity contribution in [3.8, 4) is 0 Å². The molecule has 3 nitrogen and oxygen atoms in total. The second-order valence-corrected chi connectivity index (χ2v) is 8.90. The number of hydrogen-bond acceptors (Lipinski definition) is 2. The topological polar surface area (TPSA) is 26.3 Å². The highest BCUT2D eigenvalue weighted by atomic mass is 79.9. The van der Waals surface area contributed by atoms with Crippen LogP contribution in [-0.2, 0) is 9.53 Å². The highest BCUT2D eigenvalue weighted by molar-refractivity contribution is 5.86. The Hall–Kier alpha value is -0.350. The standard InChI is InChI=1S/C24H48NO2.BrH/c1-6-7-8-9-10-11-12-13-14-17-20-25(4,5)21-18-15-16-19-22-27-24(26)23(2)3;/h2,6-22H2,1,3-5H3;1H/q+1;/p-1. The molecule has 0 unspecified atom stereocenters. The molecule has 0 aromatic carbocycles. The molecular formula is C24H48BrNO2. The Bertz CT molecular complexity index is 383. The fourth-order valence-corrected chi connectivity index (χ4v) is 3.42. The van der Waals surface area contributed by atoms with Crippen molar-refractivity contribution < 1.29 is 31.0 Å². The largest absolute Gasteiger partial charge is 1.00 e. The van der Waals surface area contributed by atoms with Crippen molar-refractivity contribution >= 4 is 5.97 Å². The molecule has 4 heteroatoms. The van der Waals surface area contributed by atoms with Crippen LogP contribution in [0.1, 0.15) is 104 Å². The molecule has 0 aliphatic carbocycles. The van der Waals surface area contributed by atoms with Gasteiger partial charge in [0, 0.05) is 5.57 Å². The van der Waals surface area contributed by atoms with Crippen molar-refractivity contribution in [2.45, 2.75) is 104 Å². The van der Waals surface area contributed by atoms with Gasteiger partial charge < -0.3 is 26.2 Å². The maximum atomic E-state index is 11.3. The number of nitrogens with zero attached hydrogens (tertiary/aromatic N) is 1. The molecule has 0 radical (unpaired) electrons. The highest BCUT2D eigenvalue weighted by Crippen LogP contribution is 2.12. The van der Waals surface area contributed by atoms with E-state index < -0.39 is 0 Å². The molecule has 0 heterocycles. The van der Waals surface area contributed by atoms with E-state index in [4.69, 9.17) is 4.74 Å². The van der Waals surface area contributed by atoms with Gasteiger partial charge >= 0.3 is 5.97 Å². The number of halogens is 1. The zero-order chi connectivity index (χ0) is 20.4.